The van der Waals surface area contributed by atoms with Gasteiger partial charge < -0.3 is 4.74 Å². The lowest BCUT2D eigenvalue weighted by atomic mass is 10.2. The Morgan fingerprint density at radius 1 is 1.22 bits per heavy atom. The number of ether oxygens (including phenoxy) is 1. The molecule has 23 heavy (non-hydrogen) atoms. The van der Waals surface area contributed by atoms with Crippen molar-refractivity contribution < 1.29 is 17.9 Å². The zero-order valence-corrected chi connectivity index (χ0v) is 15.4. The largest absolute Gasteiger partial charge is 0.465 e. The second-order valence-electron chi connectivity index (χ2n) is 4.70. The van der Waals surface area contributed by atoms with Gasteiger partial charge in [-0.15, -0.1) is 0 Å². The summed E-state index contributed by atoms with van der Waals surface area (Å²) in [5.41, 5.74) is 0.993. The van der Waals surface area contributed by atoms with E-state index in [1.165, 1.54) is 25.3 Å². The van der Waals surface area contributed by atoms with Gasteiger partial charge >= 0.3 is 5.97 Å². The van der Waals surface area contributed by atoms with E-state index in [-0.39, 0.29) is 10.5 Å². The first kappa shape index (κ1) is 17.8. The molecule has 0 atom stereocenters. The van der Waals surface area contributed by atoms with Gasteiger partial charge in [0.15, 0.2) is 0 Å². The number of aryl methyl sites for hydroxylation is 1. The van der Waals surface area contributed by atoms with Crippen molar-refractivity contribution in [2.75, 3.05) is 11.8 Å². The highest BCUT2D eigenvalue weighted by Gasteiger charge is 2.24. The van der Waals surface area contributed by atoms with Crippen molar-refractivity contribution in [2.45, 2.75) is 11.8 Å². The zero-order chi connectivity index (χ0) is 17.2. The first-order valence-corrected chi connectivity index (χ1v) is 9.07. The summed E-state index contributed by atoms with van der Waals surface area (Å²) in [5.74, 6) is -0.737. The molecule has 0 radical (unpaired) electrons. The van der Waals surface area contributed by atoms with Gasteiger partial charge in [-0.1, -0.05) is 27.5 Å². The van der Waals surface area contributed by atoms with E-state index in [4.69, 9.17) is 11.6 Å². The summed E-state index contributed by atoms with van der Waals surface area (Å²) in [6.45, 7) is 1.73. The molecule has 0 amide bonds. The molecule has 122 valence electrons. The number of carbonyl (C=O) groups is 1. The molecule has 0 saturated carbocycles. The topological polar surface area (TPSA) is 72.5 Å². The maximum atomic E-state index is 12.6. The number of hydrogen-bond donors (Lipinski definition) is 1. The minimum absolute atomic E-state index is 0.0546. The fourth-order valence-corrected chi connectivity index (χ4v) is 3.84. The number of rotatable bonds is 4. The molecule has 0 fully saturated rings. The van der Waals surface area contributed by atoms with Crippen molar-refractivity contribution in [3.05, 3.63) is 57.0 Å². The highest BCUT2D eigenvalue weighted by Crippen LogP contribution is 2.26. The van der Waals surface area contributed by atoms with Crippen LogP contribution in [0.1, 0.15) is 15.9 Å². The van der Waals surface area contributed by atoms with Crippen LogP contribution in [-0.2, 0) is 14.8 Å². The first-order chi connectivity index (χ1) is 10.7. The summed E-state index contributed by atoms with van der Waals surface area (Å²) in [4.78, 5) is 11.7. The second-order valence-corrected chi connectivity index (χ2v) is 7.70. The predicted molar refractivity (Wildman–Crippen MR) is 92.5 cm³/mol. The van der Waals surface area contributed by atoms with Gasteiger partial charge in [0.05, 0.1) is 18.4 Å². The standard InChI is InChI=1S/C15H13BrClNO4S/c1-9-7-11(17)4-5-13(9)18-23(20,21)14-6-3-10(16)8-12(14)15(19)22-2/h3-8,18H,1-2H3. The molecule has 2 rings (SSSR count). The number of anilines is 1. The van der Waals surface area contributed by atoms with Gasteiger partial charge in [0.2, 0.25) is 0 Å². The number of sulfonamides is 1. The molecule has 0 aliphatic heterocycles. The summed E-state index contributed by atoms with van der Waals surface area (Å²) >= 11 is 9.07. The second kappa shape index (κ2) is 6.90. The van der Waals surface area contributed by atoms with Crippen LogP contribution in [0.4, 0.5) is 5.69 Å². The van der Waals surface area contributed by atoms with Gasteiger partial charge in [-0.25, -0.2) is 13.2 Å². The fraction of sp³-hybridized carbons (Fsp3) is 0.133. The van der Waals surface area contributed by atoms with E-state index >= 15 is 0 Å². The molecule has 0 unspecified atom stereocenters. The van der Waals surface area contributed by atoms with Gasteiger partial charge in [0.25, 0.3) is 10.0 Å². The van der Waals surface area contributed by atoms with Crippen LogP contribution in [0, 0.1) is 6.92 Å². The van der Waals surface area contributed by atoms with Crippen molar-refractivity contribution in [3.8, 4) is 0 Å². The Hall–Kier alpha value is -1.57. The van der Waals surface area contributed by atoms with Crippen molar-refractivity contribution in [1.29, 1.82) is 0 Å². The Bertz CT molecular complexity index is 868. The van der Waals surface area contributed by atoms with E-state index < -0.39 is 16.0 Å². The summed E-state index contributed by atoms with van der Waals surface area (Å²) in [5, 5.41) is 0.504. The molecule has 0 bridgehead atoms. The third-order valence-electron chi connectivity index (χ3n) is 3.07. The molecular weight excluding hydrogens is 406 g/mol. The Kier molecular flexibility index (Phi) is 5.33. The summed E-state index contributed by atoms with van der Waals surface area (Å²) < 4.78 is 32.9. The molecule has 0 aromatic heterocycles. The number of nitrogens with one attached hydrogen (secondary N) is 1. The molecule has 2 aromatic carbocycles. The predicted octanol–water partition coefficient (Wildman–Crippen LogP) is 4.00. The quantitative estimate of drug-likeness (QED) is 0.762. The SMILES string of the molecule is COC(=O)c1cc(Br)ccc1S(=O)(=O)Nc1ccc(Cl)cc1C. The Balaban J connectivity index is 2.50. The molecule has 0 aliphatic rings. The summed E-state index contributed by atoms with van der Waals surface area (Å²) in [6, 6.07) is 9.05. The lowest BCUT2D eigenvalue weighted by Crippen LogP contribution is -2.18. The smallest absolute Gasteiger partial charge is 0.339 e. The average molecular weight is 419 g/mol. The van der Waals surface area contributed by atoms with Crippen LogP contribution in [0.5, 0.6) is 0 Å². The zero-order valence-electron chi connectivity index (χ0n) is 12.3. The van der Waals surface area contributed by atoms with Gasteiger partial charge in [0.1, 0.15) is 4.90 Å². The van der Waals surface area contributed by atoms with Crippen molar-refractivity contribution in [3.63, 3.8) is 0 Å². The van der Waals surface area contributed by atoms with Gasteiger partial charge in [0, 0.05) is 9.50 Å². The van der Waals surface area contributed by atoms with Crippen molar-refractivity contribution >= 4 is 49.2 Å². The maximum Gasteiger partial charge on any atom is 0.339 e. The monoisotopic (exact) mass is 417 g/mol. The van der Waals surface area contributed by atoms with Crippen molar-refractivity contribution in [2.24, 2.45) is 0 Å². The van der Waals surface area contributed by atoms with Crippen LogP contribution < -0.4 is 4.72 Å². The normalized spacial score (nSPS) is 11.1. The molecule has 0 saturated heterocycles. The molecule has 2 aromatic rings. The van der Waals surface area contributed by atoms with E-state index in [1.807, 2.05) is 0 Å². The van der Waals surface area contributed by atoms with Crippen LogP contribution in [0.25, 0.3) is 0 Å². The summed E-state index contributed by atoms with van der Waals surface area (Å²) in [6.07, 6.45) is 0. The van der Waals surface area contributed by atoms with Crippen LogP contribution in [0.15, 0.2) is 45.8 Å². The number of esters is 1. The number of methoxy groups -OCH3 is 1. The van der Waals surface area contributed by atoms with Crippen LogP contribution in [0.2, 0.25) is 5.02 Å². The third kappa shape index (κ3) is 4.04. The molecule has 1 N–H and O–H groups in total. The van der Waals surface area contributed by atoms with Crippen LogP contribution in [0.3, 0.4) is 0 Å². The van der Waals surface area contributed by atoms with Crippen molar-refractivity contribution in [1.82, 2.24) is 0 Å². The van der Waals surface area contributed by atoms with E-state index in [0.717, 1.165) is 0 Å². The summed E-state index contributed by atoms with van der Waals surface area (Å²) in [7, 11) is -2.78. The minimum Gasteiger partial charge on any atom is -0.465 e. The number of halogens is 2. The maximum absolute atomic E-state index is 12.6. The molecule has 8 heteroatoms. The Labute approximate surface area is 147 Å². The van der Waals surface area contributed by atoms with Crippen LogP contribution >= 0.6 is 27.5 Å². The van der Waals surface area contributed by atoms with E-state index in [0.29, 0.717) is 20.7 Å². The van der Waals surface area contributed by atoms with E-state index in [9.17, 15) is 13.2 Å². The third-order valence-corrected chi connectivity index (χ3v) is 5.22. The number of carbonyl (C=O) groups excluding carboxylic acids is 1. The highest BCUT2D eigenvalue weighted by molar-refractivity contribution is 9.10. The molecule has 0 spiro atoms. The lowest BCUT2D eigenvalue weighted by Gasteiger charge is -2.13. The Morgan fingerprint density at radius 2 is 1.91 bits per heavy atom. The minimum atomic E-state index is -3.97. The fourth-order valence-electron chi connectivity index (χ4n) is 1.95. The highest BCUT2D eigenvalue weighted by atomic mass is 79.9. The molecule has 0 aliphatic carbocycles. The van der Waals surface area contributed by atoms with Crippen LogP contribution in [-0.4, -0.2) is 21.5 Å². The molecule has 5 nitrogen and oxygen atoms in total. The van der Waals surface area contributed by atoms with Gasteiger partial charge in [-0.2, -0.15) is 0 Å². The van der Waals surface area contributed by atoms with E-state index in [1.54, 1.807) is 25.1 Å². The van der Waals surface area contributed by atoms with Gasteiger partial charge in [-0.05, 0) is 48.9 Å². The lowest BCUT2D eigenvalue weighted by molar-refractivity contribution is 0.0596. The van der Waals surface area contributed by atoms with Gasteiger partial charge in [-0.3, -0.25) is 4.72 Å². The number of hydrogen-bond acceptors (Lipinski definition) is 4. The van der Waals surface area contributed by atoms with E-state index in [2.05, 4.69) is 25.4 Å². The Morgan fingerprint density at radius 3 is 2.52 bits per heavy atom. The first-order valence-electron chi connectivity index (χ1n) is 6.41. The molecule has 0 heterocycles. The average Bonchev–Trinajstić information content (AvgIpc) is 2.49. The number of benzene rings is 2. The molecular formula is C15H13BrClNO4S.